The number of likely N-dealkylation sites (tertiary alicyclic amines) is 1. The van der Waals surface area contributed by atoms with Crippen LogP contribution in [-0.4, -0.2) is 51.9 Å². The Morgan fingerprint density at radius 3 is 2.63 bits per heavy atom. The van der Waals surface area contributed by atoms with Crippen molar-refractivity contribution in [2.75, 3.05) is 18.8 Å². The molecule has 0 aromatic carbocycles. The van der Waals surface area contributed by atoms with Crippen LogP contribution in [0.1, 0.15) is 19.8 Å². The Morgan fingerprint density at radius 2 is 2.11 bits per heavy atom. The van der Waals surface area contributed by atoms with Gasteiger partial charge in [0.05, 0.1) is 0 Å². The molecule has 9 heteroatoms. The van der Waals surface area contributed by atoms with Gasteiger partial charge in [-0.25, -0.2) is 9.59 Å². The lowest BCUT2D eigenvalue weighted by molar-refractivity contribution is -0.147. The van der Waals surface area contributed by atoms with Crippen LogP contribution in [-0.2, 0) is 4.79 Å². The number of halogens is 3. The van der Waals surface area contributed by atoms with Gasteiger partial charge in [-0.3, -0.25) is 0 Å². The number of hydrogen-bond donors (Lipinski definition) is 2. The van der Waals surface area contributed by atoms with Crippen LogP contribution in [0, 0.1) is 0 Å². The number of hydrogen-bond acceptors (Lipinski definition) is 3. The molecule has 0 aromatic rings. The summed E-state index contributed by atoms with van der Waals surface area (Å²) in [5.41, 5.74) is -5.60. The number of alkyl halides is 3. The van der Waals surface area contributed by atoms with Gasteiger partial charge in [-0.05, 0) is 31.5 Å². The maximum absolute atomic E-state index is 11.9. The van der Waals surface area contributed by atoms with Gasteiger partial charge in [0.15, 0.2) is 0 Å². The molecule has 1 fully saturated rings. The number of amides is 2. The van der Waals surface area contributed by atoms with Crippen molar-refractivity contribution in [1.82, 2.24) is 10.2 Å². The quantitative estimate of drug-likeness (QED) is 0.778. The molecule has 0 spiro atoms. The Labute approximate surface area is 112 Å². The summed E-state index contributed by atoms with van der Waals surface area (Å²) in [4.78, 5) is 24.0. The third-order valence-electron chi connectivity index (χ3n) is 2.99. The van der Waals surface area contributed by atoms with Gasteiger partial charge in [-0.2, -0.15) is 13.2 Å². The number of carboxylic acid groups (broad SMARTS) is 1. The van der Waals surface area contributed by atoms with E-state index in [1.807, 2.05) is 0 Å². The van der Waals surface area contributed by atoms with E-state index in [4.69, 9.17) is 5.11 Å². The fraction of sp³-hybridized carbons (Fsp3) is 0.800. The van der Waals surface area contributed by atoms with Crippen LogP contribution >= 0.6 is 11.8 Å². The zero-order valence-electron chi connectivity index (χ0n) is 10.3. The number of carbonyl (C=O) groups excluding carboxylic acids is 1. The highest BCUT2D eigenvalue weighted by Crippen LogP contribution is 2.30. The molecule has 19 heavy (non-hydrogen) atoms. The number of nitrogens with one attached hydrogen (secondary N) is 1. The van der Waals surface area contributed by atoms with Crippen LogP contribution in [0.5, 0.6) is 0 Å². The highest BCUT2D eigenvalue weighted by Gasteiger charge is 2.45. The minimum Gasteiger partial charge on any atom is -0.480 e. The molecule has 2 N–H and O–H groups in total. The lowest BCUT2D eigenvalue weighted by Gasteiger charge is -2.31. The van der Waals surface area contributed by atoms with Crippen molar-refractivity contribution in [1.29, 1.82) is 0 Å². The smallest absolute Gasteiger partial charge is 0.441 e. The van der Waals surface area contributed by atoms with Gasteiger partial charge in [-0.1, -0.05) is 0 Å². The molecule has 0 saturated carbocycles. The minimum absolute atomic E-state index is 0.158. The Balaban J connectivity index is 2.43. The SMILES string of the molecule is CC1(C(=O)O)CCCN1C(=O)NCCSC(F)(F)F. The Morgan fingerprint density at radius 1 is 1.47 bits per heavy atom. The summed E-state index contributed by atoms with van der Waals surface area (Å²) >= 11 is -0.225. The molecule has 1 saturated heterocycles. The molecule has 1 atom stereocenters. The standard InChI is InChI=1S/C10H15F3N2O3S/c1-9(7(16)17)3-2-5-15(9)8(18)14-4-6-19-10(11,12)13/h2-6H2,1H3,(H,14,18)(H,16,17). The molecule has 2 amide bonds. The monoisotopic (exact) mass is 300 g/mol. The molecule has 110 valence electrons. The number of aliphatic carboxylic acids is 1. The normalized spacial score (nSPS) is 23.5. The highest BCUT2D eigenvalue weighted by molar-refractivity contribution is 8.00. The van der Waals surface area contributed by atoms with Gasteiger partial charge >= 0.3 is 17.5 Å². The van der Waals surface area contributed by atoms with Gasteiger partial charge in [0.1, 0.15) is 5.54 Å². The molecule has 5 nitrogen and oxygen atoms in total. The van der Waals surface area contributed by atoms with Gasteiger partial charge in [0, 0.05) is 18.8 Å². The first-order chi connectivity index (χ1) is 8.67. The van der Waals surface area contributed by atoms with Gasteiger partial charge in [0.2, 0.25) is 0 Å². The molecule has 1 heterocycles. The average molecular weight is 300 g/mol. The second kappa shape index (κ2) is 5.89. The van der Waals surface area contributed by atoms with E-state index in [9.17, 15) is 22.8 Å². The van der Waals surface area contributed by atoms with Crippen LogP contribution in [0.3, 0.4) is 0 Å². The third kappa shape index (κ3) is 4.19. The molecular formula is C10H15F3N2O3S. The molecule has 1 aliphatic heterocycles. The van der Waals surface area contributed by atoms with Crippen molar-refractivity contribution in [2.24, 2.45) is 0 Å². The van der Waals surface area contributed by atoms with E-state index in [1.54, 1.807) is 0 Å². The minimum atomic E-state index is -4.33. The first kappa shape index (κ1) is 15.9. The van der Waals surface area contributed by atoms with Gasteiger partial charge in [-0.15, -0.1) is 0 Å². The molecular weight excluding hydrogens is 285 g/mol. The summed E-state index contributed by atoms with van der Waals surface area (Å²) in [5, 5.41) is 11.4. The van der Waals surface area contributed by atoms with Gasteiger partial charge in [0.25, 0.3) is 0 Å². The highest BCUT2D eigenvalue weighted by atomic mass is 32.2. The molecule has 1 rings (SSSR count). The lowest BCUT2D eigenvalue weighted by atomic mass is 10.00. The number of carbonyl (C=O) groups is 2. The average Bonchev–Trinajstić information content (AvgIpc) is 2.66. The van der Waals surface area contributed by atoms with Crippen molar-refractivity contribution >= 4 is 23.8 Å². The zero-order chi connectivity index (χ0) is 14.7. The maximum atomic E-state index is 11.9. The van der Waals surface area contributed by atoms with E-state index < -0.39 is 23.0 Å². The topological polar surface area (TPSA) is 69.6 Å². The van der Waals surface area contributed by atoms with Crippen LogP contribution in [0.15, 0.2) is 0 Å². The van der Waals surface area contributed by atoms with Crippen LogP contribution < -0.4 is 5.32 Å². The van der Waals surface area contributed by atoms with E-state index in [0.29, 0.717) is 19.4 Å². The van der Waals surface area contributed by atoms with Crippen molar-refractivity contribution < 1.29 is 27.9 Å². The fourth-order valence-corrected chi connectivity index (χ4v) is 2.37. The molecule has 0 aliphatic carbocycles. The predicted octanol–water partition coefficient (Wildman–Crippen LogP) is 1.89. The van der Waals surface area contributed by atoms with E-state index in [2.05, 4.69) is 5.32 Å². The van der Waals surface area contributed by atoms with Crippen LogP contribution in [0.2, 0.25) is 0 Å². The number of carboxylic acids is 1. The van der Waals surface area contributed by atoms with E-state index >= 15 is 0 Å². The second-order valence-corrected chi connectivity index (χ2v) is 5.52. The molecule has 0 aromatic heterocycles. The molecule has 1 aliphatic rings. The summed E-state index contributed by atoms with van der Waals surface area (Å²) < 4.78 is 35.6. The van der Waals surface area contributed by atoms with E-state index in [-0.39, 0.29) is 24.1 Å². The Bertz CT molecular complexity index is 364. The predicted molar refractivity (Wildman–Crippen MR) is 63.9 cm³/mol. The summed E-state index contributed by atoms with van der Waals surface area (Å²) in [7, 11) is 0. The molecule has 0 bridgehead atoms. The lowest BCUT2D eigenvalue weighted by Crippen LogP contribution is -2.54. The number of thioether (sulfide) groups is 1. The van der Waals surface area contributed by atoms with Crippen molar-refractivity contribution in [3.05, 3.63) is 0 Å². The fourth-order valence-electron chi connectivity index (χ4n) is 1.93. The van der Waals surface area contributed by atoms with Crippen molar-refractivity contribution in [3.8, 4) is 0 Å². The summed E-state index contributed by atoms with van der Waals surface area (Å²) in [6.07, 6.45) is 0.903. The largest absolute Gasteiger partial charge is 0.480 e. The van der Waals surface area contributed by atoms with Crippen molar-refractivity contribution in [2.45, 2.75) is 30.8 Å². The van der Waals surface area contributed by atoms with Gasteiger partial charge < -0.3 is 15.3 Å². The zero-order valence-corrected chi connectivity index (χ0v) is 11.1. The van der Waals surface area contributed by atoms with Crippen LogP contribution in [0.4, 0.5) is 18.0 Å². The van der Waals surface area contributed by atoms with Crippen LogP contribution in [0.25, 0.3) is 0 Å². The third-order valence-corrected chi connectivity index (χ3v) is 3.73. The van der Waals surface area contributed by atoms with E-state index in [0.717, 1.165) is 4.90 Å². The first-order valence-electron chi connectivity index (χ1n) is 5.66. The maximum Gasteiger partial charge on any atom is 0.441 e. The molecule has 1 unspecified atom stereocenters. The first-order valence-corrected chi connectivity index (χ1v) is 6.65. The second-order valence-electron chi connectivity index (χ2n) is 4.36. The van der Waals surface area contributed by atoms with E-state index in [1.165, 1.54) is 6.92 Å². The Kier molecular flexibility index (Phi) is 4.94. The number of nitrogens with zero attached hydrogens (tertiary/aromatic N) is 1. The molecule has 0 radical (unpaired) electrons. The summed E-state index contributed by atoms with van der Waals surface area (Å²) in [5.74, 6) is -1.41. The summed E-state index contributed by atoms with van der Waals surface area (Å²) in [6, 6.07) is -0.634. The Hall–Kier alpha value is -1.12. The number of rotatable bonds is 4. The van der Waals surface area contributed by atoms with Crippen molar-refractivity contribution in [3.63, 3.8) is 0 Å². The summed E-state index contributed by atoms with van der Waals surface area (Å²) in [6.45, 7) is 1.57. The number of urea groups is 1.